The fraction of sp³-hybridized carbons (Fsp3) is 0.538. The van der Waals surface area contributed by atoms with Crippen LogP contribution in [0.4, 0.5) is 8.78 Å². The van der Waals surface area contributed by atoms with Gasteiger partial charge in [-0.2, -0.15) is 0 Å². The Morgan fingerprint density at radius 1 is 1.35 bits per heavy atom. The van der Waals surface area contributed by atoms with E-state index in [2.05, 4.69) is 21.2 Å². The van der Waals surface area contributed by atoms with Crippen molar-refractivity contribution in [2.75, 3.05) is 32.8 Å². The number of nitrogens with zero attached hydrogens (tertiary/aromatic N) is 1. The number of rotatable bonds is 4. The van der Waals surface area contributed by atoms with Gasteiger partial charge in [0.1, 0.15) is 18.4 Å². The maximum atomic E-state index is 14.1. The second-order valence-electron chi connectivity index (χ2n) is 4.81. The molecule has 7 heteroatoms. The maximum absolute atomic E-state index is 14.1. The van der Waals surface area contributed by atoms with Crippen LogP contribution in [0.5, 0.6) is 5.75 Å². The molecule has 0 aliphatic carbocycles. The number of aliphatic hydroxyl groups excluding tert-OH is 1. The quantitative estimate of drug-likeness (QED) is 0.774. The molecule has 1 aromatic carbocycles. The zero-order valence-electron chi connectivity index (χ0n) is 10.8. The van der Waals surface area contributed by atoms with E-state index in [1.165, 1.54) is 12.1 Å². The molecule has 0 unspecified atom stereocenters. The van der Waals surface area contributed by atoms with Crippen LogP contribution in [0.1, 0.15) is 11.6 Å². The third kappa shape index (κ3) is 3.28. The van der Waals surface area contributed by atoms with Gasteiger partial charge in [-0.05, 0) is 12.1 Å². The average Bonchev–Trinajstić information content (AvgIpc) is 2.43. The van der Waals surface area contributed by atoms with Crippen LogP contribution in [0.3, 0.4) is 0 Å². The van der Waals surface area contributed by atoms with Gasteiger partial charge in [0, 0.05) is 36.2 Å². The summed E-state index contributed by atoms with van der Waals surface area (Å²) in [5.74, 6) is -3.51. The van der Waals surface area contributed by atoms with Crippen LogP contribution in [0, 0.1) is 0 Å². The Kier molecular flexibility index (Phi) is 4.95. The van der Waals surface area contributed by atoms with E-state index in [4.69, 9.17) is 5.11 Å². The molecule has 0 aromatic heterocycles. The summed E-state index contributed by atoms with van der Waals surface area (Å²) in [6, 6.07) is 3.13. The van der Waals surface area contributed by atoms with E-state index in [1.807, 2.05) is 0 Å². The molecule has 1 aromatic rings. The third-order valence-electron chi connectivity index (χ3n) is 3.41. The molecule has 2 rings (SSSR count). The number of aliphatic hydroxyl groups is 1. The van der Waals surface area contributed by atoms with E-state index >= 15 is 0 Å². The third-order valence-corrected chi connectivity index (χ3v) is 3.91. The summed E-state index contributed by atoms with van der Waals surface area (Å²) in [6.45, 7) is 0.840. The predicted octanol–water partition coefficient (Wildman–Crippen LogP) is 1.73. The molecule has 0 saturated carbocycles. The first-order chi connectivity index (χ1) is 9.45. The molecule has 1 atom stereocenters. The lowest BCUT2D eigenvalue weighted by Gasteiger charge is -2.38. The summed E-state index contributed by atoms with van der Waals surface area (Å²) in [6.07, 6.45) is 0. The predicted molar refractivity (Wildman–Crippen MR) is 75.0 cm³/mol. The molecule has 112 valence electrons. The highest BCUT2D eigenvalue weighted by molar-refractivity contribution is 9.10. The van der Waals surface area contributed by atoms with Crippen LogP contribution >= 0.6 is 15.9 Å². The Morgan fingerprint density at radius 2 is 2.00 bits per heavy atom. The van der Waals surface area contributed by atoms with Crippen molar-refractivity contribution >= 4 is 15.9 Å². The highest BCUT2D eigenvalue weighted by atomic mass is 79.9. The van der Waals surface area contributed by atoms with Gasteiger partial charge in [-0.1, -0.05) is 22.0 Å². The van der Waals surface area contributed by atoms with E-state index in [9.17, 15) is 13.9 Å². The van der Waals surface area contributed by atoms with Crippen molar-refractivity contribution in [3.8, 4) is 5.75 Å². The second kappa shape index (κ2) is 6.34. The molecule has 0 amide bonds. The van der Waals surface area contributed by atoms with Crippen LogP contribution in [-0.4, -0.2) is 53.8 Å². The van der Waals surface area contributed by atoms with Gasteiger partial charge in [-0.15, -0.1) is 0 Å². The van der Waals surface area contributed by atoms with E-state index in [-0.39, 0.29) is 11.3 Å². The Morgan fingerprint density at radius 3 is 2.55 bits per heavy atom. The SMILES string of the molecule is OCC(F)(F)[C@@H](c1ccc(Br)cc1O)N1CCNCC1. The van der Waals surface area contributed by atoms with Crippen molar-refractivity contribution in [3.63, 3.8) is 0 Å². The van der Waals surface area contributed by atoms with Crippen molar-refractivity contribution in [2.45, 2.75) is 12.0 Å². The number of phenolic OH excluding ortho intramolecular Hbond substituents is 1. The number of aromatic hydroxyl groups is 1. The Bertz CT molecular complexity index is 468. The fourth-order valence-corrected chi connectivity index (χ4v) is 2.82. The molecule has 1 aliphatic heterocycles. The average molecular weight is 351 g/mol. The molecule has 1 saturated heterocycles. The van der Waals surface area contributed by atoms with Crippen LogP contribution in [0.15, 0.2) is 22.7 Å². The molecule has 3 N–H and O–H groups in total. The fourth-order valence-electron chi connectivity index (χ4n) is 2.47. The molecule has 0 bridgehead atoms. The number of phenols is 1. The van der Waals surface area contributed by atoms with Gasteiger partial charge in [-0.25, -0.2) is 8.78 Å². The molecule has 4 nitrogen and oxygen atoms in total. The molecule has 0 spiro atoms. The van der Waals surface area contributed by atoms with Crippen molar-refractivity contribution in [1.82, 2.24) is 10.2 Å². The van der Waals surface area contributed by atoms with E-state index < -0.39 is 18.6 Å². The highest BCUT2D eigenvalue weighted by Crippen LogP contribution is 2.40. The number of hydrogen-bond acceptors (Lipinski definition) is 4. The molecular weight excluding hydrogens is 334 g/mol. The van der Waals surface area contributed by atoms with Crippen molar-refractivity contribution in [1.29, 1.82) is 0 Å². The van der Waals surface area contributed by atoms with Gasteiger partial charge in [0.25, 0.3) is 5.92 Å². The van der Waals surface area contributed by atoms with Crippen LogP contribution < -0.4 is 5.32 Å². The van der Waals surface area contributed by atoms with Gasteiger partial charge in [0.2, 0.25) is 0 Å². The second-order valence-corrected chi connectivity index (χ2v) is 5.73. The minimum absolute atomic E-state index is 0.133. The summed E-state index contributed by atoms with van der Waals surface area (Å²) in [5.41, 5.74) is 0.133. The van der Waals surface area contributed by atoms with Gasteiger partial charge in [-0.3, -0.25) is 4.90 Å². The van der Waals surface area contributed by atoms with Gasteiger partial charge >= 0.3 is 0 Å². The van der Waals surface area contributed by atoms with Gasteiger partial charge in [0.05, 0.1) is 0 Å². The topological polar surface area (TPSA) is 55.7 Å². The summed E-state index contributed by atoms with van der Waals surface area (Å²) < 4.78 is 28.9. The monoisotopic (exact) mass is 350 g/mol. The van der Waals surface area contributed by atoms with Gasteiger partial charge < -0.3 is 15.5 Å². The minimum atomic E-state index is -3.32. The lowest BCUT2D eigenvalue weighted by atomic mass is 9.97. The molecule has 1 fully saturated rings. The van der Waals surface area contributed by atoms with Crippen LogP contribution in [-0.2, 0) is 0 Å². The normalized spacial score (nSPS) is 19.0. The standard InChI is InChI=1S/C13H17BrF2N2O2/c14-9-1-2-10(11(20)7-9)12(13(15,16)8-19)18-5-3-17-4-6-18/h1-2,7,12,17,19-20H,3-6,8H2/t12-/m1/s1. The van der Waals surface area contributed by atoms with Crippen LogP contribution in [0.25, 0.3) is 0 Å². The Hall–Kier alpha value is -0.760. The van der Waals surface area contributed by atoms with Gasteiger partial charge in [0.15, 0.2) is 0 Å². The minimum Gasteiger partial charge on any atom is -0.508 e. The van der Waals surface area contributed by atoms with E-state index in [1.54, 1.807) is 11.0 Å². The van der Waals surface area contributed by atoms with E-state index in [0.717, 1.165) is 0 Å². The van der Waals surface area contributed by atoms with Crippen molar-refractivity contribution in [2.24, 2.45) is 0 Å². The van der Waals surface area contributed by atoms with E-state index in [0.29, 0.717) is 30.7 Å². The van der Waals surface area contributed by atoms with Crippen molar-refractivity contribution in [3.05, 3.63) is 28.2 Å². The molecule has 1 aliphatic rings. The number of piperazine rings is 1. The zero-order chi connectivity index (χ0) is 14.8. The largest absolute Gasteiger partial charge is 0.508 e. The first-order valence-corrected chi connectivity index (χ1v) is 7.17. The zero-order valence-corrected chi connectivity index (χ0v) is 12.4. The first-order valence-electron chi connectivity index (χ1n) is 6.37. The number of nitrogens with one attached hydrogen (secondary N) is 1. The first kappa shape index (κ1) is 15.6. The molecular formula is C13H17BrF2N2O2. The number of alkyl halides is 2. The lowest BCUT2D eigenvalue weighted by molar-refractivity contribution is -0.119. The molecule has 1 heterocycles. The number of benzene rings is 1. The summed E-state index contributed by atoms with van der Waals surface area (Å²) in [7, 11) is 0. The lowest BCUT2D eigenvalue weighted by Crippen LogP contribution is -2.51. The van der Waals surface area contributed by atoms with Crippen LogP contribution in [0.2, 0.25) is 0 Å². The summed E-state index contributed by atoms with van der Waals surface area (Å²) in [5, 5.41) is 22.1. The number of hydrogen-bond donors (Lipinski definition) is 3. The molecule has 20 heavy (non-hydrogen) atoms. The Balaban J connectivity index is 2.39. The summed E-state index contributed by atoms with van der Waals surface area (Å²) >= 11 is 3.19. The smallest absolute Gasteiger partial charge is 0.290 e. The summed E-state index contributed by atoms with van der Waals surface area (Å²) in [4.78, 5) is 1.59. The van der Waals surface area contributed by atoms with Crippen molar-refractivity contribution < 1.29 is 19.0 Å². The Labute approximate surface area is 124 Å². The maximum Gasteiger partial charge on any atom is 0.290 e. The number of halogens is 3. The highest BCUT2D eigenvalue weighted by Gasteiger charge is 2.45. The molecule has 0 radical (unpaired) electrons.